The number of hydrogen-bond donors (Lipinski definition) is 1. The first-order valence-corrected chi connectivity index (χ1v) is 4.39. The molecule has 0 amide bonds. The molecule has 5 heteroatoms. The van der Waals surface area contributed by atoms with Crippen molar-refractivity contribution in [2.45, 2.75) is 13.1 Å². The van der Waals surface area contributed by atoms with Gasteiger partial charge in [-0.1, -0.05) is 29.8 Å². The third-order valence-electron chi connectivity index (χ3n) is 1.89. The Labute approximate surface area is 90.0 Å². The lowest BCUT2D eigenvalue weighted by atomic mass is 10.1. The zero-order valence-corrected chi connectivity index (χ0v) is 8.38. The summed E-state index contributed by atoms with van der Waals surface area (Å²) < 4.78 is 35.7. The van der Waals surface area contributed by atoms with Gasteiger partial charge in [-0.3, -0.25) is 4.79 Å². The van der Waals surface area contributed by atoms with Crippen LogP contribution in [-0.4, -0.2) is 17.1 Å². The SMILES string of the molecule is Cc1ccc(/C(O)=C\C(=O)C(F)(F)F)cc1. The predicted octanol–water partition coefficient (Wildman–Crippen LogP) is 3.03. The van der Waals surface area contributed by atoms with Gasteiger partial charge in [0, 0.05) is 11.6 Å². The third kappa shape index (κ3) is 3.12. The van der Waals surface area contributed by atoms with Gasteiger partial charge in [-0.2, -0.15) is 13.2 Å². The molecule has 1 rings (SSSR count). The minimum atomic E-state index is -4.96. The largest absolute Gasteiger partial charge is 0.507 e. The maximum atomic E-state index is 11.9. The van der Waals surface area contributed by atoms with Crippen LogP contribution in [0.5, 0.6) is 0 Å². The number of allylic oxidation sites excluding steroid dienone is 1. The predicted molar refractivity (Wildman–Crippen MR) is 52.8 cm³/mol. The van der Waals surface area contributed by atoms with E-state index in [0.717, 1.165) is 5.56 Å². The first-order chi connectivity index (χ1) is 7.30. The van der Waals surface area contributed by atoms with Crippen LogP contribution in [0.4, 0.5) is 13.2 Å². The van der Waals surface area contributed by atoms with Crippen molar-refractivity contribution in [1.29, 1.82) is 0 Å². The minimum Gasteiger partial charge on any atom is -0.507 e. The fourth-order valence-electron chi connectivity index (χ4n) is 1.01. The molecule has 0 aromatic heterocycles. The Morgan fingerprint density at radius 3 is 2.19 bits per heavy atom. The van der Waals surface area contributed by atoms with Crippen molar-refractivity contribution in [3.63, 3.8) is 0 Å². The second-order valence-corrected chi connectivity index (χ2v) is 3.26. The number of rotatable bonds is 2. The molecular formula is C11H9F3O2. The van der Waals surface area contributed by atoms with Gasteiger partial charge in [0.2, 0.25) is 0 Å². The highest BCUT2D eigenvalue weighted by atomic mass is 19.4. The molecule has 0 spiro atoms. The first-order valence-electron chi connectivity index (χ1n) is 4.39. The normalized spacial score (nSPS) is 12.6. The van der Waals surface area contributed by atoms with Crippen LogP contribution >= 0.6 is 0 Å². The molecule has 86 valence electrons. The number of hydrogen-bond acceptors (Lipinski definition) is 2. The smallest absolute Gasteiger partial charge is 0.454 e. The zero-order chi connectivity index (χ0) is 12.3. The standard InChI is InChI=1S/C11H9F3O2/c1-7-2-4-8(5-3-7)9(15)6-10(16)11(12,13)14/h2-6,15H,1H3/b9-6+. The lowest BCUT2D eigenvalue weighted by Gasteiger charge is -2.03. The molecule has 0 aliphatic heterocycles. The number of aryl methyl sites for hydroxylation is 1. The van der Waals surface area contributed by atoms with Crippen LogP contribution in [0, 0.1) is 6.92 Å². The summed E-state index contributed by atoms with van der Waals surface area (Å²) in [6.07, 6.45) is -4.79. The van der Waals surface area contributed by atoms with Gasteiger partial charge in [0.15, 0.2) is 0 Å². The van der Waals surface area contributed by atoms with E-state index in [-0.39, 0.29) is 11.6 Å². The van der Waals surface area contributed by atoms with Gasteiger partial charge in [-0.15, -0.1) is 0 Å². The van der Waals surface area contributed by atoms with E-state index in [1.807, 2.05) is 0 Å². The van der Waals surface area contributed by atoms with Gasteiger partial charge in [0.1, 0.15) is 5.76 Å². The van der Waals surface area contributed by atoms with Gasteiger partial charge < -0.3 is 5.11 Å². The summed E-state index contributed by atoms with van der Waals surface area (Å²) in [5.41, 5.74) is 1.07. The number of ketones is 1. The number of alkyl halides is 3. The van der Waals surface area contributed by atoms with Crippen LogP contribution in [0.15, 0.2) is 30.3 Å². The quantitative estimate of drug-likeness (QED) is 0.626. The Balaban J connectivity index is 2.94. The van der Waals surface area contributed by atoms with E-state index in [1.165, 1.54) is 12.1 Å². The van der Waals surface area contributed by atoms with Crippen LogP contribution in [0.1, 0.15) is 11.1 Å². The van der Waals surface area contributed by atoms with Crippen molar-refractivity contribution < 1.29 is 23.1 Å². The van der Waals surface area contributed by atoms with Gasteiger partial charge in [0.05, 0.1) is 0 Å². The fourth-order valence-corrected chi connectivity index (χ4v) is 1.01. The summed E-state index contributed by atoms with van der Waals surface area (Å²) in [5.74, 6) is -2.77. The second-order valence-electron chi connectivity index (χ2n) is 3.26. The number of aliphatic hydroxyl groups is 1. The van der Waals surface area contributed by atoms with E-state index in [2.05, 4.69) is 0 Å². The highest BCUT2D eigenvalue weighted by molar-refractivity contribution is 5.99. The molecule has 0 fully saturated rings. The lowest BCUT2D eigenvalue weighted by Crippen LogP contribution is -2.20. The van der Waals surface area contributed by atoms with Crippen molar-refractivity contribution in [3.05, 3.63) is 41.5 Å². The molecule has 0 saturated heterocycles. The second kappa shape index (κ2) is 4.38. The van der Waals surface area contributed by atoms with Crippen molar-refractivity contribution in [2.75, 3.05) is 0 Å². The molecule has 0 aliphatic rings. The third-order valence-corrected chi connectivity index (χ3v) is 1.89. The van der Waals surface area contributed by atoms with E-state index >= 15 is 0 Å². The van der Waals surface area contributed by atoms with Crippen LogP contribution in [-0.2, 0) is 4.79 Å². The van der Waals surface area contributed by atoms with E-state index < -0.39 is 17.7 Å². The molecule has 0 saturated carbocycles. The number of benzene rings is 1. The zero-order valence-electron chi connectivity index (χ0n) is 8.38. The molecule has 1 aromatic carbocycles. The van der Waals surface area contributed by atoms with Gasteiger partial charge >= 0.3 is 6.18 Å². The summed E-state index contributed by atoms with van der Waals surface area (Å²) in [6.45, 7) is 1.80. The Hall–Kier alpha value is -1.78. The van der Waals surface area contributed by atoms with E-state index in [0.29, 0.717) is 0 Å². The molecule has 2 nitrogen and oxygen atoms in total. The summed E-state index contributed by atoms with van der Waals surface area (Å²) in [6, 6.07) is 6.12. The molecule has 0 aliphatic carbocycles. The van der Waals surface area contributed by atoms with Crippen molar-refractivity contribution in [2.24, 2.45) is 0 Å². The average molecular weight is 230 g/mol. The molecule has 0 heterocycles. The van der Waals surface area contributed by atoms with Crippen LogP contribution in [0.2, 0.25) is 0 Å². The Bertz CT molecular complexity index is 416. The Morgan fingerprint density at radius 1 is 1.25 bits per heavy atom. The van der Waals surface area contributed by atoms with E-state index in [9.17, 15) is 23.1 Å². The highest BCUT2D eigenvalue weighted by Gasteiger charge is 2.36. The van der Waals surface area contributed by atoms with E-state index in [4.69, 9.17) is 0 Å². The topological polar surface area (TPSA) is 37.3 Å². The minimum absolute atomic E-state index is 0.170. The van der Waals surface area contributed by atoms with Crippen LogP contribution < -0.4 is 0 Å². The first kappa shape index (κ1) is 12.3. The summed E-state index contributed by atoms with van der Waals surface area (Å²) in [7, 11) is 0. The van der Waals surface area contributed by atoms with Crippen molar-refractivity contribution in [3.8, 4) is 0 Å². The maximum Gasteiger partial charge on any atom is 0.454 e. The summed E-state index contributed by atoms with van der Waals surface area (Å²) in [5, 5.41) is 9.29. The van der Waals surface area contributed by atoms with E-state index in [1.54, 1.807) is 19.1 Å². The number of aliphatic hydroxyl groups excluding tert-OH is 1. The molecule has 0 bridgehead atoms. The molecule has 0 unspecified atom stereocenters. The molecule has 1 N–H and O–H groups in total. The molecular weight excluding hydrogens is 221 g/mol. The molecule has 0 atom stereocenters. The maximum absolute atomic E-state index is 11.9. The number of carbonyl (C=O) groups excluding carboxylic acids is 1. The van der Waals surface area contributed by atoms with Gasteiger partial charge in [-0.05, 0) is 6.92 Å². The number of halogens is 3. The molecule has 1 aromatic rings. The lowest BCUT2D eigenvalue weighted by molar-refractivity contribution is -0.165. The van der Waals surface area contributed by atoms with Crippen LogP contribution in [0.3, 0.4) is 0 Å². The summed E-state index contributed by atoms with van der Waals surface area (Å²) >= 11 is 0. The van der Waals surface area contributed by atoms with Crippen molar-refractivity contribution >= 4 is 11.5 Å². The molecule has 16 heavy (non-hydrogen) atoms. The summed E-state index contributed by atoms with van der Waals surface area (Å²) in [4.78, 5) is 10.6. The number of carbonyl (C=O) groups is 1. The fraction of sp³-hybridized carbons (Fsp3) is 0.182. The van der Waals surface area contributed by atoms with Gasteiger partial charge in [-0.25, -0.2) is 0 Å². The van der Waals surface area contributed by atoms with Crippen molar-refractivity contribution in [1.82, 2.24) is 0 Å². The average Bonchev–Trinajstić information content (AvgIpc) is 2.17. The van der Waals surface area contributed by atoms with Gasteiger partial charge in [0.25, 0.3) is 5.78 Å². The monoisotopic (exact) mass is 230 g/mol. The Morgan fingerprint density at radius 2 is 1.75 bits per heavy atom. The molecule has 0 radical (unpaired) electrons. The van der Waals surface area contributed by atoms with Crippen LogP contribution in [0.25, 0.3) is 5.76 Å². The Kier molecular flexibility index (Phi) is 3.37. The highest BCUT2D eigenvalue weighted by Crippen LogP contribution is 2.19.